The number of carbonyl (C=O) groups is 3. The summed E-state index contributed by atoms with van der Waals surface area (Å²) in [5.41, 5.74) is 1.44. The van der Waals surface area contributed by atoms with Gasteiger partial charge in [-0.2, -0.15) is 0 Å². The van der Waals surface area contributed by atoms with Crippen molar-refractivity contribution in [1.29, 1.82) is 0 Å². The molecule has 0 spiro atoms. The van der Waals surface area contributed by atoms with Crippen molar-refractivity contribution in [3.05, 3.63) is 64.6 Å². The summed E-state index contributed by atoms with van der Waals surface area (Å²) in [6.45, 7) is 0.0434. The van der Waals surface area contributed by atoms with E-state index in [9.17, 15) is 19.5 Å². The lowest BCUT2D eigenvalue weighted by molar-refractivity contribution is -0.138. The molecule has 2 amide bonds. The molecule has 0 radical (unpaired) electrons. The van der Waals surface area contributed by atoms with Crippen LogP contribution < -0.4 is 10.6 Å². The van der Waals surface area contributed by atoms with Crippen molar-refractivity contribution >= 4 is 51.3 Å². The first-order chi connectivity index (χ1) is 13.4. The molecule has 1 atom stereocenters. The number of carboxylic acid groups (broad SMARTS) is 1. The fourth-order valence-electron chi connectivity index (χ4n) is 2.08. The van der Waals surface area contributed by atoms with Crippen LogP contribution in [0.15, 0.2) is 59.1 Å². The zero-order valence-corrected chi connectivity index (χ0v) is 17.2. The zero-order valence-electron chi connectivity index (χ0n) is 14.8. The van der Waals surface area contributed by atoms with Gasteiger partial charge in [0.15, 0.2) is 0 Å². The van der Waals surface area contributed by atoms with Gasteiger partial charge in [-0.1, -0.05) is 46.3 Å². The molecule has 9 heteroatoms. The molecule has 2 rings (SSSR count). The van der Waals surface area contributed by atoms with E-state index in [2.05, 4.69) is 26.6 Å². The summed E-state index contributed by atoms with van der Waals surface area (Å²) in [4.78, 5) is 35.1. The van der Waals surface area contributed by atoms with E-state index in [0.717, 1.165) is 21.8 Å². The Balaban J connectivity index is 1.72. The van der Waals surface area contributed by atoms with E-state index in [0.29, 0.717) is 5.69 Å². The van der Waals surface area contributed by atoms with Gasteiger partial charge in [0.25, 0.3) is 0 Å². The lowest BCUT2D eigenvalue weighted by Crippen LogP contribution is -2.43. The Kier molecular flexibility index (Phi) is 8.83. The monoisotopic (exact) mass is 466 g/mol. The number of carbonyl (C=O) groups excluding carboxylic acids is 2. The van der Waals surface area contributed by atoms with Crippen LogP contribution >= 0.6 is 27.7 Å². The molecule has 0 aliphatic carbocycles. The third kappa shape index (κ3) is 8.01. The molecule has 3 N–H and O–H groups in total. The Bertz CT molecular complexity index is 802. The number of benzene rings is 2. The molecule has 0 saturated carbocycles. The van der Waals surface area contributed by atoms with E-state index < -0.39 is 18.1 Å². The summed E-state index contributed by atoms with van der Waals surface area (Å²) in [5, 5.41) is 14.3. The number of amides is 2. The van der Waals surface area contributed by atoms with Gasteiger partial charge in [0.2, 0.25) is 5.91 Å². The van der Waals surface area contributed by atoms with Crippen LogP contribution in [0.1, 0.15) is 5.56 Å². The molecule has 0 aliphatic rings. The van der Waals surface area contributed by atoms with E-state index in [1.807, 2.05) is 18.2 Å². The number of rotatable bonds is 9. The number of hydrogen-bond acceptors (Lipinski definition) is 5. The first-order valence-electron chi connectivity index (χ1n) is 8.27. The predicted octanol–water partition coefficient (Wildman–Crippen LogP) is 3.50. The molecule has 0 bridgehead atoms. The SMILES string of the molecule is O=C(CSCC(NC(=O)OCc1ccccc1)C(=O)O)Nc1ccc(Br)cc1. The quantitative estimate of drug-likeness (QED) is 0.522. The van der Waals surface area contributed by atoms with Crippen LogP contribution in [-0.4, -0.2) is 40.6 Å². The molecule has 0 fully saturated rings. The first kappa shape index (κ1) is 21.8. The number of thioether (sulfide) groups is 1. The van der Waals surface area contributed by atoms with Gasteiger partial charge in [0.05, 0.1) is 5.75 Å². The second-order valence-electron chi connectivity index (χ2n) is 5.67. The van der Waals surface area contributed by atoms with E-state index >= 15 is 0 Å². The molecule has 0 aromatic heterocycles. The maximum Gasteiger partial charge on any atom is 0.408 e. The van der Waals surface area contributed by atoms with Crippen molar-refractivity contribution in [3.63, 3.8) is 0 Å². The molecular formula is C19H19BrN2O5S. The van der Waals surface area contributed by atoms with Crippen LogP contribution in [0, 0.1) is 0 Å². The third-order valence-corrected chi connectivity index (χ3v) is 5.01. The molecule has 0 saturated heterocycles. The number of aliphatic carboxylic acids is 1. The number of hydrogen-bond donors (Lipinski definition) is 3. The van der Waals surface area contributed by atoms with Crippen molar-refractivity contribution in [2.24, 2.45) is 0 Å². The molecular weight excluding hydrogens is 448 g/mol. The molecule has 2 aromatic rings. The van der Waals surface area contributed by atoms with Gasteiger partial charge in [-0.15, -0.1) is 11.8 Å². The number of nitrogens with one attached hydrogen (secondary N) is 2. The Morgan fingerprint density at radius 3 is 2.39 bits per heavy atom. The summed E-state index contributed by atoms with van der Waals surface area (Å²) in [7, 11) is 0. The average molecular weight is 467 g/mol. The Morgan fingerprint density at radius 1 is 1.07 bits per heavy atom. The molecule has 0 aliphatic heterocycles. The maximum atomic E-state index is 11.9. The van der Waals surface area contributed by atoms with Crippen molar-refractivity contribution in [3.8, 4) is 0 Å². The fraction of sp³-hybridized carbons (Fsp3) is 0.211. The second kappa shape index (κ2) is 11.4. The fourth-order valence-corrected chi connectivity index (χ4v) is 3.18. The van der Waals surface area contributed by atoms with E-state index in [4.69, 9.17) is 4.74 Å². The lowest BCUT2D eigenvalue weighted by atomic mass is 10.2. The van der Waals surface area contributed by atoms with Crippen molar-refractivity contribution in [2.75, 3.05) is 16.8 Å². The first-order valence-corrected chi connectivity index (χ1v) is 10.2. The van der Waals surface area contributed by atoms with Crippen LogP contribution in [0.3, 0.4) is 0 Å². The predicted molar refractivity (Wildman–Crippen MR) is 111 cm³/mol. The van der Waals surface area contributed by atoms with Gasteiger partial charge in [-0.05, 0) is 29.8 Å². The van der Waals surface area contributed by atoms with Crippen LogP contribution in [0.4, 0.5) is 10.5 Å². The minimum Gasteiger partial charge on any atom is -0.480 e. The number of ether oxygens (including phenoxy) is 1. The summed E-state index contributed by atoms with van der Waals surface area (Å²) in [5.74, 6) is -1.37. The highest BCUT2D eigenvalue weighted by Gasteiger charge is 2.21. The topological polar surface area (TPSA) is 105 Å². The molecule has 28 heavy (non-hydrogen) atoms. The average Bonchev–Trinajstić information content (AvgIpc) is 2.68. The number of halogens is 1. The standard InChI is InChI=1S/C19H19BrN2O5S/c20-14-6-8-15(9-7-14)21-17(23)12-28-11-16(18(24)25)22-19(26)27-10-13-4-2-1-3-5-13/h1-9,16H,10-12H2,(H,21,23)(H,22,26)(H,24,25). The Hall–Kier alpha value is -2.52. The Morgan fingerprint density at radius 2 is 1.75 bits per heavy atom. The highest BCUT2D eigenvalue weighted by molar-refractivity contribution is 9.10. The summed E-state index contributed by atoms with van der Waals surface area (Å²) in [6, 6.07) is 15.0. The molecule has 2 aromatic carbocycles. The van der Waals surface area contributed by atoms with Crippen LogP contribution in [0.25, 0.3) is 0 Å². The van der Waals surface area contributed by atoms with Crippen molar-refractivity contribution < 1.29 is 24.2 Å². The summed E-state index contributed by atoms with van der Waals surface area (Å²) < 4.78 is 5.92. The minimum absolute atomic E-state index is 0.0313. The van der Waals surface area contributed by atoms with E-state index in [1.54, 1.807) is 36.4 Å². The van der Waals surface area contributed by atoms with Gasteiger partial charge < -0.3 is 20.5 Å². The largest absolute Gasteiger partial charge is 0.480 e. The van der Waals surface area contributed by atoms with E-state index in [1.165, 1.54) is 0 Å². The van der Waals surface area contributed by atoms with Crippen LogP contribution in [0.2, 0.25) is 0 Å². The Labute approximate surface area is 175 Å². The zero-order chi connectivity index (χ0) is 20.4. The summed E-state index contributed by atoms with van der Waals surface area (Å²) in [6.07, 6.45) is -0.823. The molecule has 148 valence electrons. The smallest absolute Gasteiger partial charge is 0.408 e. The van der Waals surface area contributed by atoms with E-state index in [-0.39, 0.29) is 24.0 Å². The number of carboxylic acids is 1. The number of alkyl carbamates (subject to hydrolysis) is 1. The minimum atomic E-state index is -1.20. The van der Waals surface area contributed by atoms with Gasteiger partial charge in [-0.25, -0.2) is 9.59 Å². The molecule has 0 heterocycles. The highest BCUT2D eigenvalue weighted by Crippen LogP contribution is 2.14. The van der Waals surface area contributed by atoms with Crippen molar-refractivity contribution in [2.45, 2.75) is 12.6 Å². The molecule has 1 unspecified atom stereocenters. The van der Waals surface area contributed by atoms with Gasteiger partial charge >= 0.3 is 12.1 Å². The maximum absolute atomic E-state index is 11.9. The van der Waals surface area contributed by atoms with Gasteiger partial charge in [0, 0.05) is 15.9 Å². The number of anilines is 1. The van der Waals surface area contributed by atoms with Crippen LogP contribution in [0.5, 0.6) is 0 Å². The molecule has 7 nitrogen and oxygen atoms in total. The summed E-state index contributed by atoms with van der Waals surface area (Å²) >= 11 is 4.41. The second-order valence-corrected chi connectivity index (χ2v) is 7.61. The van der Waals surface area contributed by atoms with Gasteiger partial charge in [-0.3, -0.25) is 4.79 Å². The lowest BCUT2D eigenvalue weighted by Gasteiger charge is -2.14. The van der Waals surface area contributed by atoms with Gasteiger partial charge in [0.1, 0.15) is 12.6 Å². The normalized spacial score (nSPS) is 11.3. The third-order valence-electron chi connectivity index (χ3n) is 3.45. The van der Waals surface area contributed by atoms with Crippen LogP contribution in [-0.2, 0) is 20.9 Å². The van der Waals surface area contributed by atoms with Crippen molar-refractivity contribution in [1.82, 2.24) is 5.32 Å². The highest BCUT2D eigenvalue weighted by atomic mass is 79.9.